The predicted octanol–water partition coefficient (Wildman–Crippen LogP) is 4.21. The first-order chi connectivity index (χ1) is 13.6. The maximum absolute atomic E-state index is 5.59. The van der Waals surface area contributed by atoms with Crippen LogP contribution < -0.4 is 19.5 Å². The number of guanidine groups is 1. The van der Waals surface area contributed by atoms with E-state index >= 15 is 0 Å². The van der Waals surface area contributed by atoms with Crippen molar-refractivity contribution in [2.24, 2.45) is 16.8 Å². The predicted molar refractivity (Wildman–Crippen MR) is 130 cm³/mol. The Morgan fingerprint density at radius 1 is 1.14 bits per heavy atom. The van der Waals surface area contributed by atoms with E-state index in [1.165, 1.54) is 19.3 Å². The van der Waals surface area contributed by atoms with Gasteiger partial charge in [-0.25, -0.2) is 0 Å². The molecule has 1 unspecified atom stereocenters. The third kappa shape index (κ3) is 6.30. The number of nitrogens with zero attached hydrogens (tertiary/aromatic N) is 2. The number of aliphatic imine (C=N–C) groups is 1. The van der Waals surface area contributed by atoms with Crippen molar-refractivity contribution in [2.75, 3.05) is 48.0 Å². The Bertz CT molecular complexity index is 650. The highest BCUT2D eigenvalue weighted by Crippen LogP contribution is 2.39. The normalized spacial score (nSPS) is 16.6. The van der Waals surface area contributed by atoms with Gasteiger partial charge in [0, 0.05) is 32.2 Å². The molecule has 1 atom stereocenters. The van der Waals surface area contributed by atoms with Gasteiger partial charge in [0.05, 0.1) is 21.3 Å². The molecule has 0 spiro atoms. The Morgan fingerprint density at radius 3 is 2.38 bits per heavy atom. The van der Waals surface area contributed by atoms with Crippen molar-refractivity contribution >= 4 is 29.9 Å². The second-order valence-corrected chi connectivity index (χ2v) is 7.29. The Labute approximate surface area is 193 Å². The van der Waals surface area contributed by atoms with Crippen LogP contribution in [0.4, 0.5) is 0 Å². The molecule has 0 saturated carbocycles. The van der Waals surface area contributed by atoms with Crippen LogP contribution in [0.25, 0.3) is 0 Å². The van der Waals surface area contributed by atoms with E-state index in [9.17, 15) is 0 Å². The largest absolute Gasteiger partial charge is 0.493 e. The number of benzene rings is 1. The van der Waals surface area contributed by atoms with E-state index in [-0.39, 0.29) is 24.0 Å². The van der Waals surface area contributed by atoms with Gasteiger partial charge in [0.15, 0.2) is 17.5 Å². The van der Waals surface area contributed by atoms with Crippen LogP contribution in [-0.2, 0) is 6.42 Å². The van der Waals surface area contributed by atoms with Gasteiger partial charge < -0.3 is 24.4 Å². The number of ether oxygens (including phenoxy) is 3. The third-order valence-electron chi connectivity index (χ3n) is 5.91. The first kappa shape index (κ1) is 25.7. The van der Waals surface area contributed by atoms with Crippen molar-refractivity contribution in [1.82, 2.24) is 10.2 Å². The molecule has 29 heavy (non-hydrogen) atoms. The molecule has 6 nitrogen and oxygen atoms in total. The summed E-state index contributed by atoms with van der Waals surface area (Å²) in [4.78, 5) is 6.90. The summed E-state index contributed by atoms with van der Waals surface area (Å²) in [6.45, 7) is 7.58. The lowest BCUT2D eigenvalue weighted by Gasteiger charge is -2.24. The molecule has 1 fully saturated rings. The standard InChI is InChI=1S/C22H37N3O3.HI/c1-7-16(8-2)18-12-14-25(15-18)22(23-3)24-13-11-17-9-10-19(26-4)21(28-6)20(17)27-5;/h9-10,16,18H,7-8,11-15H2,1-6H3,(H,23,24);1H. The molecule has 0 radical (unpaired) electrons. The lowest BCUT2D eigenvalue weighted by atomic mass is 9.87. The molecule has 0 aromatic heterocycles. The van der Waals surface area contributed by atoms with E-state index < -0.39 is 0 Å². The average molecular weight is 519 g/mol. The summed E-state index contributed by atoms with van der Waals surface area (Å²) >= 11 is 0. The SMILES string of the molecule is CCC(CC)C1CCN(C(=NC)NCCc2ccc(OC)c(OC)c2OC)C1.I. The van der Waals surface area contributed by atoms with Crippen LogP contribution in [0.5, 0.6) is 17.2 Å². The molecule has 2 rings (SSSR count). The van der Waals surface area contributed by atoms with Crippen LogP contribution in [0.2, 0.25) is 0 Å². The van der Waals surface area contributed by atoms with Gasteiger partial charge in [-0.3, -0.25) is 4.99 Å². The summed E-state index contributed by atoms with van der Waals surface area (Å²) in [5.41, 5.74) is 1.08. The van der Waals surface area contributed by atoms with Gasteiger partial charge in [0.1, 0.15) is 0 Å². The zero-order chi connectivity index (χ0) is 20.5. The quantitative estimate of drug-likeness (QED) is 0.301. The number of hydrogen-bond donors (Lipinski definition) is 1. The van der Waals surface area contributed by atoms with E-state index in [1.807, 2.05) is 19.2 Å². The van der Waals surface area contributed by atoms with Gasteiger partial charge in [-0.2, -0.15) is 0 Å². The molecule has 1 heterocycles. The molecular weight excluding hydrogens is 481 g/mol. The number of likely N-dealkylation sites (tertiary alicyclic amines) is 1. The lowest BCUT2D eigenvalue weighted by molar-refractivity contribution is 0.318. The van der Waals surface area contributed by atoms with E-state index in [4.69, 9.17) is 14.2 Å². The highest BCUT2D eigenvalue weighted by molar-refractivity contribution is 14.0. The lowest BCUT2D eigenvalue weighted by Crippen LogP contribution is -2.41. The van der Waals surface area contributed by atoms with Crippen molar-refractivity contribution in [2.45, 2.75) is 39.5 Å². The van der Waals surface area contributed by atoms with Gasteiger partial charge >= 0.3 is 0 Å². The smallest absolute Gasteiger partial charge is 0.203 e. The molecule has 0 bridgehead atoms. The summed E-state index contributed by atoms with van der Waals surface area (Å²) < 4.78 is 16.4. The van der Waals surface area contributed by atoms with Crippen molar-refractivity contribution in [3.05, 3.63) is 17.7 Å². The Hall–Kier alpha value is -1.38. The Morgan fingerprint density at radius 2 is 1.83 bits per heavy atom. The fraction of sp³-hybridized carbons (Fsp3) is 0.682. The first-order valence-corrected chi connectivity index (χ1v) is 10.4. The Kier molecular flexibility index (Phi) is 11.5. The number of methoxy groups -OCH3 is 3. The van der Waals surface area contributed by atoms with Gasteiger partial charge in [-0.15, -0.1) is 24.0 Å². The first-order valence-electron chi connectivity index (χ1n) is 10.4. The number of hydrogen-bond acceptors (Lipinski definition) is 4. The molecule has 0 amide bonds. The average Bonchev–Trinajstić information content (AvgIpc) is 3.21. The summed E-state index contributed by atoms with van der Waals surface area (Å²) in [7, 11) is 6.79. The highest BCUT2D eigenvalue weighted by Gasteiger charge is 2.29. The number of rotatable bonds is 9. The zero-order valence-corrected chi connectivity index (χ0v) is 21.1. The van der Waals surface area contributed by atoms with Gasteiger partial charge in [-0.1, -0.05) is 32.8 Å². The second-order valence-electron chi connectivity index (χ2n) is 7.29. The topological polar surface area (TPSA) is 55.3 Å². The zero-order valence-electron chi connectivity index (χ0n) is 18.8. The van der Waals surface area contributed by atoms with E-state index in [0.29, 0.717) is 11.5 Å². The molecule has 1 aromatic rings. The molecule has 1 aromatic carbocycles. The van der Waals surface area contributed by atoms with Crippen LogP contribution in [0, 0.1) is 11.8 Å². The molecular formula is C22H38IN3O3. The maximum atomic E-state index is 5.59. The highest BCUT2D eigenvalue weighted by atomic mass is 127. The molecule has 7 heteroatoms. The van der Waals surface area contributed by atoms with Crippen LogP contribution in [0.15, 0.2) is 17.1 Å². The molecule has 0 aliphatic carbocycles. The fourth-order valence-corrected chi connectivity index (χ4v) is 4.32. The fourth-order valence-electron chi connectivity index (χ4n) is 4.32. The van der Waals surface area contributed by atoms with E-state index in [0.717, 1.165) is 55.2 Å². The maximum Gasteiger partial charge on any atom is 0.203 e. The van der Waals surface area contributed by atoms with Gasteiger partial charge in [-0.05, 0) is 30.7 Å². The van der Waals surface area contributed by atoms with Crippen molar-refractivity contribution < 1.29 is 14.2 Å². The molecule has 166 valence electrons. The second kappa shape index (κ2) is 13.0. The minimum Gasteiger partial charge on any atom is -0.493 e. The van der Waals surface area contributed by atoms with E-state index in [2.05, 4.69) is 29.1 Å². The Balaban J connectivity index is 0.00000420. The number of halogens is 1. The monoisotopic (exact) mass is 519 g/mol. The molecule has 1 aliphatic rings. The van der Waals surface area contributed by atoms with Crippen LogP contribution in [0.1, 0.15) is 38.7 Å². The summed E-state index contributed by atoms with van der Waals surface area (Å²) in [5, 5.41) is 3.52. The number of nitrogens with one attached hydrogen (secondary N) is 1. The third-order valence-corrected chi connectivity index (χ3v) is 5.91. The summed E-state index contributed by atoms with van der Waals surface area (Å²) in [6.07, 6.45) is 4.60. The van der Waals surface area contributed by atoms with Crippen LogP contribution >= 0.6 is 24.0 Å². The van der Waals surface area contributed by atoms with Gasteiger partial charge in [0.25, 0.3) is 0 Å². The van der Waals surface area contributed by atoms with Crippen LogP contribution in [-0.4, -0.2) is 58.9 Å². The summed E-state index contributed by atoms with van der Waals surface area (Å²) in [6, 6.07) is 3.95. The van der Waals surface area contributed by atoms with Crippen molar-refractivity contribution in [3.8, 4) is 17.2 Å². The van der Waals surface area contributed by atoms with Gasteiger partial charge in [0.2, 0.25) is 5.75 Å². The minimum absolute atomic E-state index is 0. The van der Waals surface area contributed by atoms with Crippen LogP contribution in [0.3, 0.4) is 0 Å². The van der Waals surface area contributed by atoms with Crippen molar-refractivity contribution in [1.29, 1.82) is 0 Å². The molecule has 1 saturated heterocycles. The van der Waals surface area contributed by atoms with Crippen molar-refractivity contribution in [3.63, 3.8) is 0 Å². The summed E-state index contributed by atoms with van der Waals surface area (Å²) in [5.74, 6) is 4.64. The molecule has 1 N–H and O–H groups in total. The van der Waals surface area contributed by atoms with E-state index in [1.54, 1.807) is 21.3 Å². The molecule has 1 aliphatic heterocycles. The minimum atomic E-state index is 0.